The molecule has 2 atom stereocenters. The average Bonchev–Trinajstić information content (AvgIpc) is 3.02. The molecule has 2 unspecified atom stereocenters. The molecule has 44 heavy (non-hydrogen) atoms. The van der Waals surface area contributed by atoms with Crippen LogP contribution < -0.4 is 9.47 Å². The molecule has 3 aromatic rings. The third-order valence-corrected chi connectivity index (χ3v) is 7.61. The van der Waals surface area contributed by atoms with Gasteiger partial charge in [0.05, 0.1) is 0 Å². The molecule has 0 fully saturated rings. The predicted molar refractivity (Wildman–Crippen MR) is 165 cm³/mol. The van der Waals surface area contributed by atoms with Crippen molar-refractivity contribution in [3.63, 3.8) is 0 Å². The van der Waals surface area contributed by atoms with E-state index >= 15 is 0 Å². The Morgan fingerprint density at radius 3 is 1.39 bits per heavy atom. The van der Waals surface area contributed by atoms with Gasteiger partial charge in [-0.3, -0.25) is 0 Å². The average molecular weight is 639 g/mol. The highest BCUT2D eigenvalue weighted by Gasteiger charge is 2.17. The molecular formula is C32H30O10S2. The number of hydrogen-bond donors (Lipinski definition) is 2. The molecule has 0 saturated heterocycles. The second-order valence-corrected chi connectivity index (χ2v) is 11.0. The van der Waals surface area contributed by atoms with E-state index in [0.29, 0.717) is 35.2 Å². The number of carboxylic acids is 2. The van der Waals surface area contributed by atoms with E-state index in [9.17, 15) is 19.2 Å². The van der Waals surface area contributed by atoms with Crippen molar-refractivity contribution in [3.05, 3.63) is 109 Å². The second kappa shape index (κ2) is 18.8. The summed E-state index contributed by atoms with van der Waals surface area (Å²) < 4.78 is 22.6. The van der Waals surface area contributed by atoms with Gasteiger partial charge in [0.15, 0.2) is 0 Å². The van der Waals surface area contributed by atoms with E-state index in [1.54, 1.807) is 24.3 Å². The van der Waals surface area contributed by atoms with E-state index in [-0.39, 0.29) is 13.2 Å². The minimum absolute atomic E-state index is 0.0141. The van der Waals surface area contributed by atoms with Crippen LogP contribution in [-0.2, 0) is 28.7 Å². The smallest absolute Gasteiger partial charge is 0.331 e. The number of rotatable bonds is 18. The zero-order chi connectivity index (χ0) is 31.6. The van der Waals surface area contributed by atoms with Gasteiger partial charge in [0, 0.05) is 51.7 Å². The molecular weight excluding hydrogens is 608 g/mol. The summed E-state index contributed by atoms with van der Waals surface area (Å²) in [5, 5.41) is 17.6. The van der Waals surface area contributed by atoms with Gasteiger partial charge in [-0.15, -0.1) is 23.5 Å². The molecule has 0 spiro atoms. The maximum atomic E-state index is 12.2. The first kappa shape index (κ1) is 33.8. The highest BCUT2D eigenvalue weighted by atomic mass is 32.2. The van der Waals surface area contributed by atoms with E-state index in [0.717, 1.165) is 21.9 Å². The molecule has 0 aromatic heterocycles. The van der Waals surface area contributed by atoms with Crippen molar-refractivity contribution in [3.8, 4) is 11.5 Å². The monoisotopic (exact) mass is 638 g/mol. The lowest BCUT2D eigenvalue weighted by atomic mass is 10.3. The molecule has 3 rings (SSSR count). The quantitative estimate of drug-likeness (QED) is 0.108. The molecule has 2 N–H and O–H groups in total. The van der Waals surface area contributed by atoms with Crippen LogP contribution in [-0.4, -0.2) is 71.0 Å². The number of esters is 2. The molecule has 0 aliphatic heterocycles. The largest absolute Gasteiger partial charge is 0.490 e. The van der Waals surface area contributed by atoms with Crippen LogP contribution in [0.2, 0.25) is 0 Å². The van der Waals surface area contributed by atoms with E-state index in [1.165, 1.54) is 23.5 Å². The third-order valence-electron chi connectivity index (χ3n) is 5.33. The third kappa shape index (κ3) is 14.0. The Bertz CT molecular complexity index is 1320. The number of aliphatic carboxylic acids is 2. The summed E-state index contributed by atoms with van der Waals surface area (Å²) in [4.78, 5) is 47.7. The Morgan fingerprint density at radius 2 is 1.00 bits per heavy atom. The zero-order valence-electron chi connectivity index (χ0n) is 23.4. The van der Waals surface area contributed by atoms with Crippen LogP contribution in [0.4, 0.5) is 0 Å². The minimum Gasteiger partial charge on any atom is -0.490 e. The van der Waals surface area contributed by atoms with Crippen molar-refractivity contribution in [2.45, 2.75) is 22.0 Å². The maximum Gasteiger partial charge on any atom is 0.331 e. The fourth-order valence-electron chi connectivity index (χ4n) is 3.36. The molecule has 0 radical (unpaired) electrons. The van der Waals surface area contributed by atoms with E-state index < -0.39 is 36.1 Å². The lowest BCUT2D eigenvalue weighted by Gasteiger charge is -2.19. The van der Waals surface area contributed by atoms with Crippen molar-refractivity contribution in [1.82, 2.24) is 0 Å². The second-order valence-electron chi connectivity index (χ2n) is 8.81. The van der Waals surface area contributed by atoms with Gasteiger partial charge in [-0.05, 0) is 36.4 Å². The van der Waals surface area contributed by atoms with Crippen LogP contribution in [0.3, 0.4) is 0 Å². The van der Waals surface area contributed by atoms with Crippen molar-refractivity contribution in [2.75, 3.05) is 24.7 Å². The minimum atomic E-state index is -1.27. The number of benzene rings is 3. The lowest BCUT2D eigenvalue weighted by Crippen LogP contribution is -2.27. The number of carbonyl (C=O) groups excluding carboxylic acids is 2. The van der Waals surface area contributed by atoms with Gasteiger partial charge in [0.2, 0.25) is 0 Å². The van der Waals surface area contributed by atoms with Gasteiger partial charge < -0.3 is 29.2 Å². The molecule has 0 aliphatic rings. The molecule has 0 amide bonds. The normalized spacial score (nSPS) is 12.4. The van der Waals surface area contributed by atoms with Crippen LogP contribution in [0.15, 0.2) is 119 Å². The van der Waals surface area contributed by atoms with E-state index in [4.69, 9.17) is 29.2 Å². The fourth-order valence-corrected chi connectivity index (χ4v) is 5.15. The van der Waals surface area contributed by atoms with Gasteiger partial charge in [-0.25, -0.2) is 19.2 Å². The molecule has 0 aliphatic carbocycles. The topological polar surface area (TPSA) is 146 Å². The Balaban J connectivity index is 1.61. The van der Waals surface area contributed by atoms with Gasteiger partial charge in [-0.1, -0.05) is 42.5 Å². The van der Waals surface area contributed by atoms with Crippen molar-refractivity contribution in [2.24, 2.45) is 0 Å². The lowest BCUT2D eigenvalue weighted by molar-refractivity contribution is -0.144. The summed E-state index contributed by atoms with van der Waals surface area (Å²) in [6.45, 7) is -0.0282. The standard InChI is InChI=1S/C32H30O10S2/c33-29(34)14-16-31(37)41-25(21-43-27-10-3-1-4-11-27)19-39-23-8-7-9-24(18-23)40-20-26(42-32(38)17-15-30(35)36)22-44-28-12-5-2-6-13-28/h1-18,25-26H,19-22H2,(H,33,34)(H,35,36). The van der Waals surface area contributed by atoms with Crippen LogP contribution in [0.25, 0.3) is 0 Å². The van der Waals surface area contributed by atoms with Crippen LogP contribution >= 0.6 is 23.5 Å². The first-order valence-corrected chi connectivity index (χ1v) is 15.2. The Labute approximate surface area is 262 Å². The van der Waals surface area contributed by atoms with Gasteiger partial charge in [0.1, 0.15) is 36.9 Å². The number of thioether (sulfide) groups is 2. The van der Waals surface area contributed by atoms with Crippen molar-refractivity contribution in [1.29, 1.82) is 0 Å². The van der Waals surface area contributed by atoms with E-state index in [2.05, 4.69) is 0 Å². The number of carbonyl (C=O) groups is 4. The SMILES string of the molecule is O=C(O)C=CC(=O)OC(COc1cccc(OCC(CSc2ccccc2)OC(=O)C=CC(=O)O)c1)CSc1ccccc1. The number of hydrogen-bond acceptors (Lipinski definition) is 10. The summed E-state index contributed by atoms with van der Waals surface area (Å²) >= 11 is 2.91. The Hall–Kier alpha value is -4.68. The van der Waals surface area contributed by atoms with Gasteiger partial charge >= 0.3 is 23.9 Å². The first-order valence-electron chi connectivity index (χ1n) is 13.2. The molecule has 12 heteroatoms. The zero-order valence-corrected chi connectivity index (χ0v) is 25.0. The molecule has 3 aromatic carbocycles. The fraction of sp³-hybridized carbons (Fsp3) is 0.188. The molecule has 0 bridgehead atoms. The molecule has 10 nitrogen and oxygen atoms in total. The molecule has 0 saturated carbocycles. The van der Waals surface area contributed by atoms with E-state index in [1.807, 2.05) is 60.7 Å². The number of carboxylic acid groups (broad SMARTS) is 2. The Kier molecular flexibility index (Phi) is 14.4. The highest BCUT2D eigenvalue weighted by molar-refractivity contribution is 7.99. The van der Waals surface area contributed by atoms with Crippen LogP contribution in [0, 0.1) is 0 Å². The first-order chi connectivity index (χ1) is 21.3. The highest BCUT2D eigenvalue weighted by Crippen LogP contribution is 2.24. The van der Waals surface area contributed by atoms with Crippen molar-refractivity contribution >= 4 is 47.4 Å². The maximum absolute atomic E-state index is 12.2. The van der Waals surface area contributed by atoms with Crippen LogP contribution in [0.1, 0.15) is 0 Å². The van der Waals surface area contributed by atoms with Gasteiger partial charge in [0.25, 0.3) is 0 Å². The Morgan fingerprint density at radius 1 is 0.591 bits per heavy atom. The summed E-state index contributed by atoms with van der Waals surface area (Å²) in [7, 11) is 0. The van der Waals surface area contributed by atoms with Crippen molar-refractivity contribution < 1.29 is 48.3 Å². The summed E-state index contributed by atoms with van der Waals surface area (Å²) in [6, 6.07) is 25.7. The van der Waals surface area contributed by atoms with Crippen LogP contribution in [0.5, 0.6) is 11.5 Å². The summed E-state index contributed by atoms with van der Waals surface area (Å²) in [5.74, 6) is -2.59. The predicted octanol–water partition coefficient (Wildman–Crippen LogP) is 5.13. The molecule has 230 valence electrons. The number of ether oxygens (including phenoxy) is 4. The van der Waals surface area contributed by atoms with Gasteiger partial charge in [-0.2, -0.15) is 0 Å². The molecule has 0 heterocycles. The summed E-state index contributed by atoms with van der Waals surface area (Å²) in [6.07, 6.45) is 1.69. The summed E-state index contributed by atoms with van der Waals surface area (Å²) in [5.41, 5.74) is 0.